The van der Waals surface area contributed by atoms with Crippen molar-refractivity contribution in [3.05, 3.63) is 0 Å². The number of rotatable bonds is 10. The maximum Gasteiger partial charge on any atom is 0.451 e. The number of carboxylic acid groups (broad SMARTS) is 1. The first-order valence-corrected chi connectivity index (χ1v) is 8.82. The number of nitrogens with two attached hydrogens (primary N) is 1. The summed E-state index contributed by atoms with van der Waals surface area (Å²) >= 11 is 0. The van der Waals surface area contributed by atoms with Crippen LogP contribution >= 0.6 is 0 Å². The minimum atomic E-state index is -1.34. The second kappa shape index (κ2) is 9.39. The zero-order valence-electron chi connectivity index (χ0n) is 14.7. The zero-order chi connectivity index (χ0) is 18.3. The van der Waals surface area contributed by atoms with E-state index in [-0.39, 0.29) is 18.3 Å². The molecule has 7 nitrogen and oxygen atoms in total. The smallest absolute Gasteiger partial charge is 0.451 e. The Balaban J connectivity index is 2.52. The van der Waals surface area contributed by atoms with E-state index in [1.54, 1.807) is 0 Å². The number of hydrogen-bond acceptors (Lipinski definition) is 5. The number of nitrogens with one attached hydrogen (secondary N) is 1. The summed E-state index contributed by atoms with van der Waals surface area (Å²) in [5, 5.41) is 30.2. The van der Waals surface area contributed by atoms with Crippen LogP contribution in [0.2, 0.25) is 6.32 Å². The van der Waals surface area contributed by atoms with Gasteiger partial charge in [0.05, 0.1) is 11.5 Å². The van der Waals surface area contributed by atoms with Crippen LogP contribution in [0.15, 0.2) is 0 Å². The molecule has 1 saturated carbocycles. The summed E-state index contributed by atoms with van der Waals surface area (Å²) in [4.78, 5) is 23.8. The van der Waals surface area contributed by atoms with Gasteiger partial charge in [-0.2, -0.15) is 0 Å². The molecule has 0 unspecified atom stereocenters. The maximum atomic E-state index is 12.1. The zero-order valence-corrected chi connectivity index (χ0v) is 14.7. The van der Waals surface area contributed by atoms with Crippen molar-refractivity contribution in [2.24, 2.45) is 17.1 Å². The maximum absolute atomic E-state index is 12.1. The van der Waals surface area contributed by atoms with E-state index in [2.05, 4.69) is 5.32 Å². The highest BCUT2D eigenvalue weighted by Crippen LogP contribution is 2.43. The van der Waals surface area contributed by atoms with E-state index in [1.807, 2.05) is 13.8 Å². The van der Waals surface area contributed by atoms with Crippen LogP contribution in [0.5, 0.6) is 0 Å². The lowest BCUT2D eigenvalue weighted by molar-refractivity contribution is -0.149. The molecular weight excluding hydrogens is 311 g/mol. The standard InChI is InChI=1S/C16H31BN2O5/c1-11(2)9-13(18)14(20)19-12-5-7-16(10-12,15(21)22)6-3-4-8-17(23)24/h11-13,23-24H,3-10,18H2,1-2H3,(H,19,20)(H,21,22)/t12-,13-,16+/m0/s1. The molecule has 0 saturated heterocycles. The van der Waals surface area contributed by atoms with Crippen LogP contribution in [0.3, 0.4) is 0 Å². The molecule has 0 heterocycles. The summed E-state index contributed by atoms with van der Waals surface area (Å²) in [6.45, 7) is 4.00. The first-order chi connectivity index (χ1) is 11.2. The molecule has 0 bridgehead atoms. The van der Waals surface area contributed by atoms with E-state index in [0.29, 0.717) is 50.9 Å². The van der Waals surface area contributed by atoms with Gasteiger partial charge in [0.1, 0.15) is 0 Å². The van der Waals surface area contributed by atoms with Gasteiger partial charge in [0, 0.05) is 6.04 Å². The topological polar surface area (TPSA) is 133 Å². The van der Waals surface area contributed by atoms with Crippen molar-refractivity contribution in [3.63, 3.8) is 0 Å². The fraction of sp³-hybridized carbons (Fsp3) is 0.875. The molecule has 3 atom stereocenters. The molecule has 1 rings (SSSR count). The molecule has 1 aliphatic rings. The van der Waals surface area contributed by atoms with Crippen molar-refractivity contribution in [2.75, 3.05) is 0 Å². The minimum absolute atomic E-state index is 0.157. The van der Waals surface area contributed by atoms with E-state index >= 15 is 0 Å². The molecule has 1 aliphatic carbocycles. The van der Waals surface area contributed by atoms with Gasteiger partial charge in [-0.05, 0) is 44.3 Å². The van der Waals surface area contributed by atoms with Crippen molar-refractivity contribution in [2.45, 2.75) is 77.2 Å². The Morgan fingerprint density at radius 2 is 2.00 bits per heavy atom. The predicted octanol–water partition coefficient (Wildman–Crippen LogP) is 0.743. The van der Waals surface area contributed by atoms with Crippen molar-refractivity contribution in [1.82, 2.24) is 5.32 Å². The molecule has 0 aliphatic heterocycles. The van der Waals surface area contributed by atoms with Crippen LogP contribution in [0, 0.1) is 11.3 Å². The van der Waals surface area contributed by atoms with Gasteiger partial charge < -0.3 is 26.2 Å². The van der Waals surface area contributed by atoms with E-state index < -0.39 is 24.5 Å². The van der Waals surface area contributed by atoms with Gasteiger partial charge in [-0.25, -0.2) is 0 Å². The molecule has 8 heteroatoms. The molecule has 0 radical (unpaired) electrons. The monoisotopic (exact) mass is 342 g/mol. The predicted molar refractivity (Wildman–Crippen MR) is 92.1 cm³/mol. The first kappa shape index (κ1) is 20.9. The summed E-state index contributed by atoms with van der Waals surface area (Å²) in [6, 6.07) is -0.717. The van der Waals surface area contributed by atoms with Gasteiger partial charge in [-0.3, -0.25) is 9.59 Å². The number of carbonyl (C=O) groups excluding carboxylic acids is 1. The van der Waals surface area contributed by atoms with Gasteiger partial charge in [0.15, 0.2) is 0 Å². The van der Waals surface area contributed by atoms with Gasteiger partial charge in [0.2, 0.25) is 5.91 Å². The molecule has 0 aromatic carbocycles. The number of amides is 1. The summed E-state index contributed by atoms with van der Waals surface area (Å²) in [6.07, 6.45) is 4.10. The van der Waals surface area contributed by atoms with Crippen molar-refractivity contribution < 1.29 is 24.7 Å². The lowest BCUT2D eigenvalue weighted by Crippen LogP contribution is -2.45. The van der Waals surface area contributed by atoms with Crippen LogP contribution in [0.1, 0.15) is 58.8 Å². The molecule has 0 aromatic heterocycles. The largest absolute Gasteiger partial charge is 0.481 e. The average Bonchev–Trinajstić information content (AvgIpc) is 2.87. The third kappa shape index (κ3) is 6.41. The Kier molecular flexibility index (Phi) is 8.19. The third-order valence-electron chi connectivity index (χ3n) is 4.84. The fourth-order valence-electron chi connectivity index (χ4n) is 3.49. The van der Waals surface area contributed by atoms with Gasteiger partial charge >= 0.3 is 13.1 Å². The van der Waals surface area contributed by atoms with Crippen molar-refractivity contribution in [3.8, 4) is 0 Å². The number of hydrogen-bond donors (Lipinski definition) is 5. The number of carbonyl (C=O) groups is 2. The molecule has 1 amide bonds. The van der Waals surface area contributed by atoms with Crippen molar-refractivity contribution >= 4 is 19.0 Å². The lowest BCUT2D eigenvalue weighted by atomic mass is 9.78. The highest BCUT2D eigenvalue weighted by atomic mass is 16.4. The summed E-state index contributed by atoms with van der Waals surface area (Å²) in [5.74, 6) is -0.720. The second-order valence-corrected chi connectivity index (χ2v) is 7.50. The third-order valence-corrected chi connectivity index (χ3v) is 4.84. The summed E-state index contributed by atoms with van der Waals surface area (Å²) < 4.78 is 0. The molecule has 138 valence electrons. The van der Waals surface area contributed by atoms with E-state index in [0.717, 1.165) is 0 Å². The molecule has 6 N–H and O–H groups in total. The Morgan fingerprint density at radius 3 is 2.54 bits per heavy atom. The average molecular weight is 342 g/mol. The van der Waals surface area contributed by atoms with E-state index in [1.165, 1.54) is 0 Å². The van der Waals surface area contributed by atoms with Crippen molar-refractivity contribution in [1.29, 1.82) is 0 Å². The number of aliphatic carboxylic acids is 1. The Bertz CT molecular complexity index is 433. The Morgan fingerprint density at radius 1 is 1.33 bits per heavy atom. The Hall–Kier alpha value is -1.12. The first-order valence-electron chi connectivity index (χ1n) is 8.82. The second-order valence-electron chi connectivity index (χ2n) is 7.50. The minimum Gasteiger partial charge on any atom is -0.481 e. The SMILES string of the molecule is CC(C)C[C@H](N)C(=O)N[C@H]1CC[C@@](CCCCB(O)O)(C(=O)O)C1. The molecule has 0 aromatic rings. The summed E-state index contributed by atoms with van der Waals surface area (Å²) in [5.41, 5.74) is 5.04. The van der Waals surface area contributed by atoms with E-state index in [9.17, 15) is 14.7 Å². The van der Waals surface area contributed by atoms with Crippen LogP contribution in [-0.4, -0.2) is 46.2 Å². The highest BCUT2D eigenvalue weighted by molar-refractivity contribution is 6.40. The summed E-state index contributed by atoms with van der Waals surface area (Å²) in [7, 11) is -1.34. The quantitative estimate of drug-likeness (QED) is 0.294. The molecular formula is C16H31BN2O5. The van der Waals surface area contributed by atoms with Crippen LogP contribution in [0.25, 0.3) is 0 Å². The molecule has 0 spiro atoms. The number of unbranched alkanes of at least 4 members (excludes halogenated alkanes) is 1. The fourth-order valence-corrected chi connectivity index (χ4v) is 3.49. The van der Waals surface area contributed by atoms with Crippen LogP contribution in [0.4, 0.5) is 0 Å². The van der Waals surface area contributed by atoms with E-state index in [4.69, 9.17) is 15.8 Å². The normalized spacial score (nSPS) is 24.8. The molecule has 1 fully saturated rings. The molecule has 24 heavy (non-hydrogen) atoms. The number of carboxylic acids is 1. The van der Waals surface area contributed by atoms with Crippen LogP contribution < -0.4 is 11.1 Å². The van der Waals surface area contributed by atoms with Gasteiger partial charge in [-0.1, -0.05) is 26.7 Å². The van der Waals surface area contributed by atoms with Crippen LogP contribution in [-0.2, 0) is 9.59 Å². The Labute approximate surface area is 144 Å². The lowest BCUT2D eigenvalue weighted by Gasteiger charge is -2.25. The van der Waals surface area contributed by atoms with Gasteiger partial charge in [-0.15, -0.1) is 0 Å². The van der Waals surface area contributed by atoms with Gasteiger partial charge in [0.25, 0.3) is 0 Å². The highest BCUT2D eigenvalue weighted by Gasteiger charge is 2.45.